The Morgan fingerprint density at radius 3 is 2.19 bits per heavy atom. The van der Waals surface area contributed by atoms with Crippen molar-refractivity contribution in [2.75, 3.05) is 7.05 Å². The summed E-state index contributed by atoms with van der Waals surface area (Å²) in [6, 6.07) is 9.68. The highest BCUT2D eigenvalue weighted by molar-refractivity contribution is 5.95. The smallest absolute Gasteiger partial charge is 0.130 e. The maximum atomic E-state index is 14.0. The average molecular weight is 425 g/mol. The maximum Gasteiger partial charge on any atom is 0.130 e. The molecule has 0 saturated carbocycles. The number of benzene rings is 1. The molecule has 0 radical (unpaired) electrons. The van der Waals surface area contributed by atoms with Gasteiger partial charge in [0.05, 0.1) is 5.69 Å². The Labute approximate surface area is 190 Å². The third-order valence-electron chi connectivity index (χ3n) is 4.43. The molecule has 170 valence electrons. The summed E-state index contributed by atoms with van der Waals surface area (Å²) >= 11 is 0. The van der Waals surface area contributed by atoms with E-state index in [0.29, 0.717) is 5.56 Å². The summed E-state index contributed by atoms with van der Waals surface area (Å²) in [6.45, 7) is 17.4. The van der Waals surface area contributed by atoms with Gasteiger partial charge in [-0.15, -0.1) is 0 Å². The zero-order chi connectivity index (χ0) is 24.0. The predicted octanol–water partition coefficient (Wildman–Crippen LogP) is 8.75. The molecular weight excluding hydrogens is 383 g/mol. The van der Waals surface area contributed by atoms with Gasteiger partial charge in [0.15, 0.2) is 0 Å². The van der Waals surface area contributed by atoms with Crippen molar-refractivity contribution < 1.29 is 4.39 Å². The number of hydrogen-bond donors (Lipinski definition) is 0. The molecule has 0 bridgehead atoms. The quantitative estimate of drug-likeness (QED) is 0.440. The van der Waals surface area contributed by atoms with Gasteiger partial charge in [0.25, 0.3) is 0 Å². The fourth-order valence-corrected chi connectivity index (χ4v) is 2.80. The number of aryl methyl sites for hydroxylation is 1. The van der Waals surface area contributed by atoms with E-state index < -0.39 is 5.67 Å². The standard InChI is InChI=1S/C18H20FN.C8H15N.C2H6/c1-5-7-17-13(2)10-15(12-20-17)14-8-6-9-16(11-14)18(3,4)19;1-5-8(9-4)6-7(2)3;1-2/h5-12H,1-4H3;6H,5H2,1-4H3;1-2H3/b7-5-;;. The van der Waals surface area contributed by atoms with Gasteiger partial charge in [0.2, 0.25) is 0 Å². The van der Waals surface area contributed by atoms with E-state index in [1.807, 2.05) is 77.4 Å². The molecule has 1 aromatic carbocycles. The minimum Gasteiger partial charge on any atom is -0.293 e. The summed E-state index contributed by atoms with van der Waals surface area (Å²) in [4.78, 5) is 8.54. The number of hydrogen-bond acceptors (Lipinski definition) is 2. The second kappa shape index (κ2) is 14.5. The highest BCUT2D eigenvalue weighted by Crippen LogP contribution is 2.29. The van der Waals surface area contributed by atoms with Gasteiger partial charge in [0, 0.05) is 24.5 Å². The van der Waals surface area contributed by atoms with E-state index in [9.17, 15) is 4.39 Å². The lowest BCUT2D eigenvalue weighted by molar-refractivity contribution is 0.221. The minimum atomic E-state index is -1.33. The molecule has 2 aromatic rings. The topological polar surface area (TPSA) is 25.2 Å². The number of pyridine rings is 1. The number of nitrogens with zero attached hydrogens (tertiary/aromatic N) is 2. The van der Waals surface area contributed by atoms with Gasteiger partial charge in [-0.1, -0.05) is 50.6 Å². The predicted molar refractivity (Wildman–Crippen MR) is 138 cm³/mol. The molecule has 0 spiro atoms. The average Bonchev–Trinajstić information content (AvgIpc) is 2.75. The Bertz CT molecular complexity index is 880. The van der Waals surface area contributed by atoms with Crippen LogP contribution in [0.2, 0.25) is 0 Å². The van der Waals surface area contributed by atoms with Crippen molar-refractivity contribution in [1.82, 2.24) is 4.98 Å². The van der Waals surface area contributed by atoms with Gasteiger partial charge in [-0.3, -0.25) is 9.98 Å². The lowest BCUT2D eigenvalue weighted by Crippen LogP contribution is -2.08. The maximum absolute atomic E-state index is 14.0. The van der Waals surface area contributed by atoms with Crippen molar-refractivity contribution in [3.63, 3.8) is 0 Å². The minimum absolute atomic E-state index is 0.685. The summed E-state index contributed by atoms with van der Waals surface area (Å²) in [5.74, 6) is 0. The molecule has 0 aliphatic carbocycles. The van der Waals surface area contributed by atoms with Crippen LogP contribution >= 0.6 is 0 Å². The molecule has 0 unspecified atom stereocenters. The van der Waals surface area contributed by atoms with Crippen molar-refractivity contribution in [2.24, 2.45) is 4.99 Å². The van der Waals surface area contributed by atoms with E-state index in [1.54, 1.807) is 13.8 Å². The van der Waals surface area contributed by atoms with Crippen LogP contribution < -0.4 is 0 Å². The number of alkyl halides is 1. The van der Waals surface area contributed by atoms with Crippen LogP contribution in [-0.2, 0) is 5.67 Å². The van der Waals surface area contributed by atoms with Crippen molar-refractivity contribution in [3.05, 3.63) is 71.1 Å². The SMILES string of the molecule is C/C=C\c1ncc(-c2cccc(C(C)(C)F)c2)cc1C.CC.CCC(C=C(C)C)=NC. The number of allylic oxidation sites excluding steroid dienone is 3. The lowest BCUT2D eigenvalue weighted by atomic mass is 9.95. The van der Waals surface area contributed by atoms with Crippen molar-refractivity contribution in [3.8, 4) is 11.1 Å². The molecule has 0 saturated heterocycles. The van der Waals surface area contributed by atoms with Gasteiger partial charge < -0.3 is 0 Å². The van der Waals surface area contributed by atoms with Gasteiger partial charge in [-0.2, -0.15) is 0 Å². The Balaban J connectivity index is 0.000000692. The first-order valence-electron chi connectivity index (χ1n) is 11.1. The summed E-state index contributed by atoms with van der Waals surface area (Å²) in [5.41, 5.74) is 5.95. The van der Waals surface area contributed by atoms with Crippen LogP contribution in [0.5, 0.6) is 0 Å². The van der Waals surface area contributed by atoms with Crippen LogP contribution in [0.3, 0.4) is 0 Å². The highest BCUT2D eigenvalue weighted by Gasteiger charge is 2.18. The summed E-state index contributed by atoms with van der Waals surface area (Å²) in [7, 11) is 1.83. The Morgan fingerprint density at radius 1 is 1.13 bits per heavy atom. The van der Waals surface area contributed by atoms with Crippen LogP contribution in [0.1, 0.15) is 78.6 Å². The number of aliphatic imine (C=N–C) groups is 1. The first-order valence-corrected chi connectivity index (χ1v) is 11.1. The largest absolute Gasteiger partial charge is 0.293 e. The summed E-state index contributed by atoms with van der Waals surface area (Å²) in [5, 5.41) is 0. The first-order chi connectivity index (χ1) is 14.6. The molecule has 1 heterocycles. The zero-order valence-electron chi connectivity index (χ0n) is 21.2. The van der Waals surface area contributed by atoms with Crippen molar-refractivity contribution in [2.45, 2.75) is 74.4 Å². The van der Waals surface area contributed by atoms with Gasteiger partial charge in [0.1, 0.15) is 5.67 Å². The Morgan fingerprint density at radius 2 is 1.77 bits per heavy atom. The van der Waals surface area contributed by atoms with E-state index >= 15 is 0 Å². The molecule has 0 atom stereocenters. The number of aromatic nitrogens is 1. The van der Waals surface area contributed by atoms with E-state index in [4.69, 9.17) is 0 Å². The fourth-order valence-electron chi connectivity index (χ4n) is 2.80. The van der Waals surface area contributed by atoms with Crippen molar-refractivity contribution >= 4 is 11.8 Å². The molecule has 0 N–H and O–H groups in total. The number of rotatable bonds is 5. The molecule has 2 rings (SSSR count). The second-order valence-corrected chi connectivity index (χ2v) is 7.77. The van der Waals surface area contributed by atoms with Gasteiger partial charge in [-0.25, -0.2) is 4.39 Å². The van der Waals surface area contributed by atoms with E-state index in [0.717, 1.165) is 28.8 Å². The second-order valence-electron chi connectivity index (χ2n) is 7.77. The third kappa shape index (κ3) is 10.3. The van der Waals surface area contributed by atoms with Crippen LogP contribution in [0.15, 0.2) is 59.2 Å². The monoisotopic (exact) mass is 424 g/mol. The highest BCUT2D eigenvalue weighted by atomic mass is 19.1. The molecule has 31 heavy (non-hydrogen) atoms. The normalized spacial score (nSPS) is 11.3. The molecule has 0 amide bonds. The Kier molecular flexibility index (Phi) is 13.3. The number of halogens is 1. The lowest BCUT2D eigenvalue weighted by Gasteiger charge is -2.16. The third-order valence-corrected chi connectivity index (χ3v) is 4.43. The molecule has 2 nitrogen and oxygen atoms in total. The Hall–Kier alpha value is -2.55. The van der Waals surface area contributed by atoms with E-state index in [1.165, 1.54) is 11.3 Å². The van der Waals surface area contributed by atoms with Crippen LogP contribution in [0, 0.1) is 6.92 Å². The molecule has 1 aromatic heterocycles. The van der Waals surface area contributed by atoms with Crippen LogP contribution in [0.25, 0.3) is 17.2 Å². The zero-order valence-corrected chi connectivity index (χ0v) is 21.2. The first kappa shape index (κ1) is 28.5. The molecule has 0 aliphatic heterocycles. The van der Waals surface area contributed by atoms with Crippen molar-refractivity contribution in [1.29, 1.82) is 0 Å². The van der Waals surface area contributed by atoms with E-state index in [-0.39, 0.29) is 0 Å². The summed E-state index contributed by atoms with van der Waals surface area (Å²) in [6.07, 6.45) is 8.94. The summed E-state index contributed by atoms with van der Waals surface area (Å²) < 4.78 is 14.0. The van der Waals surface area contributed by atoms with Crippen LogP contribution in [0.4, 0.5) is 4.39 Å². The van der Waals surface area contributed by atoms with Gasteiger partial charge >= 0.3 is 0 Å². The molecule has 0 aliphatic rings. The molecular formula is C28H41FN2. The van der Waals surface area contributed by atoms with Gasteiger partial charge in [-0.05, 0) is 88.9 Å². The van der Waals surface area contributed by atoms with Crippen LogP contribution in [-0.4, -0.2) is 17.7 Å². The molecule has 3 heteroatoms. The van der Waals surface area contributed by atoms with E-state index in [2.05, 4.69) is 42.9 Å². The fraction of sp³-hybridized carbons (Fsp3) is 0.429. The molecule has 0 fully saturated rings.